The average molecular weight is 298 g/mol. The summed E-state index contributed by atoms with van der Waals surface area (Å²) in [6, 6.07) is 15.8. The first-order valence-corrected chi connectivity index (χ1v) is 6.59. The number of carbonyl (C=O) groups is 1. The first-order valence-electron chi connectivity index (χ1n) is 6.21. The molecule has 0 bridgehead atoms. The van der Waals surface area contributed by atoms with E-state index in [2.05, 4.69) is 10.5 Å². The van der Waals surface area contributed by atoms with Gasteiger partial charge < -0.3 is 0 Å². The van der Waals surface area contributed by atoms with Crippen LogP contribution in [0.25, 0.3) is 0 Å². The maximum absolute atomic E-state index is 12.2. The molecule has 2 aromatic carbocycles. The summed E-state index contributed by atoms with van der Waals surface area (Å²) >= 11 is 5.95. The van der Waals surface area contributed by atoms with Crippen molar-refractivity contribution >= 4 is 28.8 Å². The number of nitrogens with zero attached hydrogens (tertiary/aromatic N) is 2. The Balaban J connectivity index is 2.22. The molecule has 0 atom stereocenters. The number of Topliss-reactive ketones (excluding diaryl/α,β-unsaturated/α-hetero) is 1. The van der Waals surface area contributed by atoms with Gasteiger partial charge in [-0.3, -0.25) is 10.2 Å². The molecule has 0 heterocycles. The molecule has 2 rings (SSSR count). The number of hydrazone groups is 1. The van der Waals surface area contributed by atoms with Gasteiger partial charge in [0.2, 0.25) is 11.5 Å². The lowest BCUT2D eigenvalue weighted by atomic mass is 10.1. The number of hydrogen-bond acceptors (Lipinski definition) is 4. The van der Waals surface area contributed by atoms with E-state index in [1.54, 1.807) is 30.3 Å². The summed E-state index contributed by atoms with van der Waals surface area (Å²) in [5, 5.41) is 13.2. The van der Waals surface area contributed by atoms with Gasteiger partial charge in [0.05, 0.1) is 10.7 Å². The lowest BCUT2D eigenvalue weighted by Crippen LogP contribution is -2.14. The van der Waals surface area contributed by atoms with Crippen LogP contribution in [0.2, 0.25) is 5.02 Å². The number of anilines is 1. The average Bonchev–Trinajstić information content (AvgIpc) is 2.50. The van der Waals surface area contributed by atoms with Crippen molar-refractivity contribution in [2.45, 2.75) is 6.92 Å². The Labute approximate surface area is 127 Å². The highest BCUT2D eigenvalue weighted by Gasteiger charge is 2.16. The Hall–Kier alpha value is -2.64. The molecule has 0 fully saturated rings. The zero-order valence-electron chi connectivity index (χ0n) is 11.3. The number of ketones is 1. The molecule has 0 aliphatic heterocycles. The molecule has 0 amide bonds. The first kappa shape index (κ1) is 14.8. The Bertz CT molecular complexity index is 730. The predicted octanol–water partition coefficient (Wildman–Crippen LogP) is 3.82. The molecular formula is C16H12ClN3O. The molecule has 0 aliphatic rings. The van der Waals surface area contributed by atoms with Crippen molar-refractivity contribution in [1.82, 2.24) is 0 Å². The van der Waals surface area contributed by atoms with Gasteiger partial charge in [-0.2, -0.15) is 10.4 Å². The van der Waals surface area contributed by atoms with Gasteiger partial charge in [-0.25, -0.2) is 0 Å². The van der Waals surface area contributed by atoms with E-state index in [0.717, 1.165) is 5.56 Å². The van der Waals surface area contributed by atoms with Crippen LogP contribution in [-0.4, -0.2) is 11.5 Å². The number of rotatable bonds is 4. The van der Waals surface area contributed by atoms with Crippen LogP contribution in [0, 0.1) is 18.3 Å². The quantitative estimate of drug-likeness (QED) is 0.530. The summed E-state index contributed by atoms with van der Waals surface area (Å²) in [6.45, 7) is 1.97. The lowest BCUT2D eigenvalue weighted by molar-refractivity contribution is 0.106. The fourth-order valence-corrected chi connectivity index (χ4v) is 1.87. The SMILES string of the molecule is Cc1ccc(NN=C(C#N)C(=O)c2ccccc2Cl)cc1. The maximum Gasteiger partial charge on any atom is 0.225 e. The van der Waals surface area contributed by atoms with Crippen molar-refractivity contribution in [2.75, 3.05) is 5.43 Å². The Morgan fingerprint density at radius 1 is 1.19 bits per heavy atom. The molecule has 21 heavy (non-hydrogen) atoms. The molecule has 0 aliphatic carbocycles. The molecule has 0 saturated heterocycles. The van der Waals surface area contributed by atoms with Crippen molar-refractivity contribution in [3.05, 3.63) is 64.7 Å². The molecule has 0 saturated carbocycles. The van der Waals surface area contributed by atoms with Gasteiger partial charge in [0.1, 0.15) is 6.07 Å². The van der Waals surface area contributed by atoms with Gasteiger partial charge in [0.15, 0.2) is 0 Å². The van der Waals surface area contributed by atoms with E-state index in [1.165, 1.54) is 0 Å². The van der Waals surface area contributed by atoms with E-state index in [9.17, 15) is 4.79 Å². The van der Waals surface area contributed by atoms with E-state index in [0.29, 0.717) is 10.7 Å². The Morgan fingerprint density at radius 2 is 1.86 bits per heavy atom. The van der Waals surface area contributed by atoms with Crippen LogP contribution in [0.5, 0.6) is 0 Å². The second kappa shape index (κ2) is 6.69. The number of halogens is 1. The van der Waals surface area contributed by atoms with Crippen molar-refractivity contribution in [1.29, 1.82) is 5.26 Å². The fourth-order valence-electron chi connectivity index (χ4n) is 1.65. The van der Waals surface area contributed by atoms with Crippen LogP contribution in [0.4, 0.5) is 5.69 Å². The third-order valence-corrected chi connectivity index (χ3v) is 3.12. The largest absolute Gasteiger partial charge is 0.286 e. The zero-order valence-corrected chi connectivity index (χ0v) is 12.1. The van der Waals surface area contributed by atoms with Gasteiger partial charge in [-0.05, 0) is 31.2 Å². The minimum atomic E-state index is -0.511. The molecular weight excluding hydrogens is 286 g/mol. The predicted molar refractivity (Wildman–Crippen MR) is 83.6 cm³/mol. The van der Waals surface area contributed by atoms with Crippen molar-refractivity contribution in [3.8, 4) is 6.07 Å². The summed E-state index contributed by atoms with van der Waals surface area (Å²) in [5.41, 5.74) is 4.51. The van der Waals surface area contributed by atoms with E-state index in [-0.39, 0.29) is 11.3 Å². The van der Waals surface area contributed by atoms with E-state index >= 15 is 0 Å². The topological polar surface area (TPSA) is 65.2 Å². The van der Waals surface area contributed by atoms with Crippen molar-refractivity contribution in [3.63, 3.8) is 0 Å². The number of benzene rings is 2. The minimum absolute atomic E-state index is 0.247. The van der Waals surface area contributed by atoms with Crippen LogP contribution < -0.4 is 5.43 Å². The number of carbonyl (C=O) groups excluding carboxylic acids is 1. The van der Waals surface area contributed by atoms with Crippen LogP contribution in [0.3, 0.4) is 0 Å². The van der Waals surface area contributed by atoms with E-state index in [4.69, 9.17) is 16.9 Å². The van der Waals surface area contributed by atoms with E-state index < -0.39 is 5.78 Å². The molecule has 0 aromatic heterocycles. The standard InChI is InChI=1S/C16H12ClN3O/c1-11-6-8-12(9-7-11)19-20-15(10-18)16(21)13-4-2-3-5-14(13)17/h2-9,19H,1H3. The molecule has 0 unspecified atom stereocenters. The van der Waals surface area contributed by atoms with Gasteiger partial charge in [-0.15, -0.1) is 0 Å². The molecule has 5 heteroatoms. The summed E-state index contributed by atoms with van der Waals surface area (Å²) < 4.78 is 0. The smallest absolute Gasteiger partial charge is 0.225 e. The van der Waals surface area contributed by atoms with Gasteiger partial charge in [-0.1, -0.05) is 41.4 Å². The molecule has 0 radical (unpaired) electrons. The highest BCUT2D eigenvalue weighted by molar-refractivity contribution is 6.53. The molecule has 2 aromatic rings. The second-order valence-electron chi connectivity index (χ2n) is 4.36. The zero-order chi connectivity index (χ0) is 15.2. The summed E-state index contributed by atoms with van der Waals surface area (Å²) in [4.78, 5) is 12.2. The monoisotopic (exact) mass is 297 g/mol. The van der Waals surface area contributed by atoms with Gasteiger partial charge in [0.25, 0.3) is 0 Å². The number of nitriles is 1. The molecule has 4 nitrogen and oxygen atoms in total. The highest BCUT2D eigenvalue weighted by Crippen LogP contribution is 2.16. The van der Waals surface area contributed by atoms with Gasteiger partial charge in [0, 0.05) is 5.56 Å². The Morgan fingerprint density at radius 3 is 2.48 bits per heavy atom. The van der Waals surface area contributed by atoms with Crippen molar-refractivity contribution < 1.29 is 4.79 Å². The number of nitrogens with one attached hydrogen (secondary N) is 1. The minimum Gasteiger partial charge on any atom is -0.286 e. The third kappa shape index (κ3) is 3.68. The highest BCUT2D eigenvalue weighted by atomic mass is 35.5. The van der Waals surface area contributed by atoms with Crippen LogP contribution in [0.1, 0.15) is 15.9 Å². The number of hydrogen-bond donors (Lipinski definition) is 1. The molecule has 1 N–H and O–H groups in total. The maximum atomic E-state index is 12.2. The van der Waals surface area contributed by atoms with E-state index in [1.807, 2.05) is 31.2 Å². The number of aryl methyl sites for hydroxylation is 1. The summed E-state index contributed by atoms with van der Waals surface area (Å²) in [7, 11) is 0. The normalized spacial score (nSPS) is 10.8. The Kier molecular flexibility index (Phi) is 4.70. The summed E-state index contributed by atoms with van der Waals surface area (Å²) in [6.07, 6.45) is 0. The van der Waals surface area contributed by atoms with Crippen LogP contribution in [-0.2, 0) is 0 Å². The lowest BCUT2D eigenvalue weighted by Gasteiger charge is -2.03. The summed E-state index contributed by atoms with van der Waals surface area (Å²) in [5.74, 6) is -0.511. The molecule has 0 spiro atoms. The molecule has 104 valence electrons. The van der Waals surface area contributed by atoms with Crippen LogP contribution >= 0.6 is 11.6 Å². The third-order valence-electron chi connectivity index (χ3n) is 2.79. The van der Waals surface area contributed by atoms with Gasteiger partial charge >= 0.3 is 0 Å². The first-order chi connectivity index (χ1) is 10.1. The van der Waals surface area contributed by atoms with Crippen molar-refractivity contribution in [2.24, 2.45) is 5.10 Å². The van der Waals surface area contributed by atoms with Crippen LogP contribution in [0.15, 0.2) is 53.6 Å². The fraction of sp³-hybridized carbons (Fsp3) is 0.0625. The second-order valence-corrected chi connectivity index (χ2v) is 4.77.